The summed E-state index contributed by atoms with van der Waals surface area (Å²) in [5.74, 6) is 1.20. The predicted molar refractivity (Wildman–Crippen MR) is 355 cm³/mol. The van der Waals surface area contributed by atoms with Gasteiger partial charge in [0.1, 0.15) is 5.82 Å². The van der Waals surface area contributed by atoms with Crippen molar-refractivity contribution >= 4 is 106 Å². The normalized spacial score (nSPS) is 18.4. The molecule has 2 aliphatic heterocycles. The largest absolute Gasteiger partial charge is 0.310 e. The minimum atomic E-state index is -0.105. The first-order valence-corrected chi connectivity index (χ1v) is 31.0. The van der Waals surface area contributed by atoms with Gasteiger partial charge < -0.3 is 9.80 Å². The summed E-state index contributed by atoms with van der Waals surface area (Å²) in [6, 6.07) is 68.6. The SMILES string of the molecule is CC(C)(C)c1ccc(N2c3cc(N(c4ccccc4)c4ccccc4)cc4c3B(c3sc5cc6c(cc5c32)C2(C)CCC6(C)CC2)c2c(n(-c3ccc(C(C)(C)C)cc3)c3ccc(C(C)(C)C)cc23)N4c2ccc(C(C)(C)C)cc2)cc1. The molecule has 412 valence electrons. The molecule has 4 nitrogen and oxygen atoms in total. The topological polar surface area (TPSA) is 14.7 Å². The molecule has 0 spiro atoms. The highest BCUT2D eigenvalue weighted by Gasteiger charge is 2.51. The third kappa shape index (κ3) is 8.19. The second-order valence-corrected chi connectivity index (χ2v) is 30.4. The summed E-state index contributed by atoms with van der Waals surface area (Å²) in [4.78, 5) is 7.86. The molecule has 1 fully saturated rings. The lowest BCUT2D eigenvalue weighted by atomic mass is 9.36. The zero-order valence-corrected chi connectivity index (χ0v) is 51.7. The number of aromatic nitrogens is 1. The maximum atomic E-state index is 2.71. The fraction of sp³-hybridized carbons (Fsp3) is 0.316. The summed E-state index contributed by atoms with van der Waals surface area (Å²) < 4.78 is 5.43. The number of anilines is 9. The Hall–Kier alpha value is -7.28. The summed E-state index contributed by atoms with van der Waals surface area (Å²) >= 11 is 2.06. The highest BCUT2D eigenvalue weighted by Crippen LogP contribution is 2.59. The summed E-state index contributed by atoms with van der Waals surface area (Å²) in [5, 5.41) is 2.68. The molecule has 10 aromatic rings. The third-order valence-corrected chi connectivity index (χ3v) is 20.8. The van der Waals surface area contributed by atoms with E-state index < -0.39 is 0 Å². The molecule has 0 atom stereocenters. The van der Waals surface area contributed by atoms with Crippen molar-refractivity contribution < 1.29 is 0 Å². The first-order chi connectivity index (χ1) is 38.9. The Labute approximate surface area is 492 Å². The van der Waals surface area contributed by atoms with E-state index >= 15 is 0 Å². The summed E-state index contributed by atoms with van der Waals surface area (Å²) in [7, 11) is 0. The van der Waals surface area contributed by atoms with Crippen molar-refractivity contribution in [2.75, 3.05) is 14.7 Å². The average Bonchev–Trinajstić information content (AvgIpc) is 2.45. The van der Waals surface area contributed by atoms with Crippen LogP contribution in [0.2, 0.25) is 0 Å². The second kappa shape index (κ2) is 18.1. The Morgan fingerprint density at radius 1 is 0.427 bits per heavy atom. The predicted octanol–water partition coefficient (Wildman–Crippen LogP) is 19.7. The number of fused-ring (bicyclic) bond motifs is 10. The zero-order chi connectivity index (χ0) is 57.2. The molecular weight excluding hydrogens is 1010 g/mol. The first-order valence-electron chi connectivity index (χ1n) is 30.2. The van der Waals surface area contributed by atoms with Gasteiger partial charge in [-0.1, -0.05) is 176 Å². The lowest BCUT2D eigenvalue weighted by Crippen LogP contribution is -2.60. The number of hydrogen-bond donors (Lipinski definition) is 0. The number of para-hydroxylation sites is 2. The van der Waals surface area contributed by atoms with Gasteiger partial charge in [0.25, 0.3) is 6.71 Å². The van der Waals surface area contributed by atoms with Crippen LogP contribution in [0.4, 0.5) is 51.3 Å². The van der Waals surface area contributed by atoms with E-state index in [1.165, 1.54) is 113 Å². The smallest absolute Gasteiger partial charge is 0.267 e. The van der Waals surface area contributed by atoms with E-state index in [1.54, 1.807) is 11.1 Å². The maximum absolute atomic E-state index is 2.71. The van der Waals surface area contributed by atoms with Crippen LogP contribution in [-0.4, -0.2) is 11.3 Å². The number of benzene rings is 8. The van der Waals surface area contributed by atoms with Crippen LogP contribution in [-0.2, 0) is 32.5 Å². The Bertz CT molecular complexity index is 4110. The highest BCUT2D eigenvalue weighted by atomic mass is 32.1. The summed E-state index contributed by atoms with van der Waals surface area (Å²) in [6.07, 6.45) is 4.98. The van der Waals surface area contributed by atoms with Crippen molar-refractivity contribution in [1.29, 1.82) is 0 Å². The van der Waals surface area contributed by atoms with E-state index in [9.17, 15) is 0 Å². The van der Waals surface area contributed by atoms with Crippen LogP contribution in [0.15, 0.2) is 176 Å². The molecule has 0 saturated heterocycles. The first kappa shape index (κ1) is 52.8. The molecule has 0 radical (unpaired) electrons. The maximum Gasteiger partial charge on any atom is 0.267 e. The lowest BCUT2D eigenvalue weighted by Gasteiger charge is -2.52. The molecule has 5 aliphatic rings. The molecule has 3 aliphatic carbocycles. The Morgan fingerprint density at radius 3 is 1.35 bits per heavy atom. The Balaban J connectivity index is 1.18. The van der Waals surface area contributed by atoms with Gasteiger partial charge in [-0.15, -0.1) is 11.3 Å². The van der Waals surface area contributed by atoms with Gasteiger partial charge in [0.05, 0.1) is 16.9 Å². The van der Waals surface area contributed by atoms with Crippen LogP contribution in [0.3, 0.4) is 0 Å². The summed E-state index contributed by atoms with van der Waals surface area (Å²) in [5.41, 5.74) is 23.1. The van der Waals surface area contributed by atoms with E-state index in [2.05, 4.69) is 303 Å². The van der Waals surface area contributed by atoms with E-state index in [4.69, 9.17) is 0 Å². The van der Waals surface area contributed by atoms with Gasteiger partial charge in [0, 0.05) is 54.7 Å². The van der Waals surface area contributed by atoms with Gasteiger partial charge in [-0.25, -0.2) is 0 Å². The Morgan fingerprint density at radius 2 is 0.866 bits per heavy atom. The van der Waals surface area contributed by atoms with Crippen molar-refractivity contribution in [3.8, 4) is 5.69 Å². The van der Waals surface area contributed by atoms with Crippen LogP contribution >= 0.6 is 11.3 Å². The second-order valence-electron chi connectivity index (χ2n) is 29.3. The minimum absolute atomic E-state index is 0.000478. The average molecular weight is 1090 g/mol. The molecule has 0 unspecified atom stereocenters. The third-order valence-electron chi connectivity index (χ3n) is 19.6. The van der Waals surface area contributed by atoms with Gasteiger partial charge in [0.15, 0.2) is 0 Å². The van der Waals surface area contributed by atoms with Gasteiger partial charge in [-0.3, -0.25) is 9.47 Å². The fourth-order valence-corrected chi connectivity index (χ4v) is 15.8. The molecule has 2 bridgehead atoms. The molecule has 0 N–H and O–H groups in total. The van der Waals surface area contributed by atoms with Crippen molar-refractivity contribution in [2.24, 2.45) is 0 Å². The van der Waals surface area contributed by atoms with E-state index in [-0.39, 0.29) is 39.2 Å². The molecule has 6 heteroatoms. The highest BCUT2D eigenvalue weighted by molar-refractivity contribution is 7.34. The quantitative estimate of drug-likeness (QED) is 0.154. The molecule has 4 heterocycles. The van der Waals surface area contributed by atoms with E-state index in [0.717, 1.165) is 28.4 Å². The lowest BCUT2D eigenvalue weighted by molar-refractivity contribution is 0.188. The van der Waals surface area contributed by atoms with Gasteiger partial charge in [0.2, 0.25) is 0 Å². The molecule has 2 aromatic heterocycles. The van der Waals surface area contributed by atoms with Crippen molar-refractivity contribution in [2.45, 2.75) is 155 Å². The number of nitrogens with zero attached hydrogens (tertiary/aromatic N) is 4. The van der Waals surface area contributed by atoms with Crippen LogP contribution in [0, 0.1) is 0 Å². The number of hydrogen-bond acceptors (Lipinski definition) is 4. The van der Waals surface area contributed by atoms with Crippen molar-refractivity contribution in [1.82, 2.24) is 4.57 Å². The monoisotopic (exact) mass is 1090 g/mol. The molecule has 8 aromatic carbocycles. The number of thiophene rings is 1. The molecule has 82 heavy (non-hydrogen) atoms. The van der Waals surface area contributed by atoms with Crippen LogP contribution in [0.25, 0.3) is 26.7 Å². The van der Waals surface area contributed by atoms with Crippen LogP contribution < -0.4 is 30.4 Å². The van der Waals surface area contributed by atoms with Crippen LogP contribution in [0.5, 0.6) is 0 Å². The van der Waals surface area contributed by atoms with E-state index in [0.29, 0.717) is 0 Å². The molecular formula is C76H79BN4S. The van der Waals surface area contributed by atoms with Gasteiger partial charge in [-0.05, 0) is 205 Å². The van der Waals surface area contributed by atoms with Crippen LogP contribution in [0.1, 0.15) is 156 Å². The van der Waals surface area contributed by atoms with E-state index in [1.807, 2.05) is 0 Å². The fourth-order valence-electron chi connectivity index (χ4n) is 14.5. The zero-order valence-electron chi connectivity index (χ0n) is 50.8. The minimum Gasteiger partial charge on any atom is -0.310 e. The molecule has 0 amide bonds. The summed E-state index contributed by atoms with van der Waals surface area (Å²) in [6.45, 7) is 33.1. The van der Waals surface area contributed by atoms with Crippen molar-refractivity contribution in [3.05, 3.63) is 209 Å². The molecule has 15 rings (SSSR count). The Kier molecular flexibility index (Phi) is 11.7. The standard InChI is InChI=1S/C76H79BN4S/c1-71(2,3)48-25-32-54(33-26-48)79-63-44-57(78(52-21-17-15-18-22-52)53-23-19-16-20-24-53)45-64-67(63)77(69-68(79)59-46-60-61(47-65(59)82-69)76(14)41-39-75(60,13)40-42-76)66-58-43-51(74(10,11)12)31-38-62(58)80(55-34-27-49(28-35-55)72(4,5)6)70(66)81(64)56-36-29-50(30-37-56)73(7,8)9/h15-38,43-47H,39-42H2,1-14H3. The van der Waals surface area contributed by atoms with Gasteiger partial charge >= 0.3 is 0 Å². The van der Waals surface area contributed by atoms with Crippen molar-refractivity contribution in [3.63, 3.8) is 0 Å². The van der Waals surface area contributed by atoms with Gasteiger partial charge in [-0.2, -0.15) is 0 Å². The molecule has 1 saturated carbocycles. The number of rotatable bonds is 6.